The fraction of sp³-hybridized carbons (Fsp3) is 0.292. The number of nitrogens with one attached hydrogen (secondary N) is 1. The minimum atomic E-state index is -0.338. The highest BCUT2D eigenvalue weighted by molar-refractivity contribution is 5.93. The van der Waals surface area contributed by atoms with Crippen molar-refractivity contribution >= 4 is 16.9 Å². The molecule has 1 N–H and O–H groups in total. The molecule has 2 unspecified atom stereocenters. The lowest BCUT2D eigenvalue weighted by Crippen LogP contribution is -2.68. The van der Waals surface area contributed by atoms with Gasteiger partial charge >= 0.3 is 0 Å². The second-order valence-electron chi connectivity index (χ2n) is 8.46. The van der Waals surface area contributed by atoms with Gasteiger partial charge in [0.1, 0.15) is 17.3 Å². The van der Waals surface area contributed by atoms with Gasteiger partial charge in [-0.05, 0) is 30.2 Å². The quantitative estimate of drug-likeness (QED) is 0.521. The van der Waals surface area contributed by atoms with E-state index in [-0.39, 0.29) is 5.82 Å². The van der Waals surface area contributed by atoms with Gasteiger partial charge in [-0.3, -0.25) is 4.90 Å². The van der Waals surface area contributed by atoms with E-state index in [4.69, 9.17) is 4.74 Å². The Labute approximate surface area is 184 Å². The van der Waals surface area contributed by atoms with Crippen LogP contribution in [0, 0.1) is 5.82 Å². The fourth-order valence-electron chi connectivity index (χ4n) is 4.97. The molecule has 3 fully saturated rings. The number of fused-ring (bicyclic) bond motifs is 3. The molecule has 7 rings (SSSR count). The summed E-state index contributed by atoms with van der Waals surface area (Å²) in [6.07, 6.45) is 7.90. The lowest BCUT2D eigenvalue weighted by atomic mass is 9.87. The van der Waals surface area contributed by atoms with Crippen LogP contribution in [0.2, 0.25) is 0 Å². The number of hydrogen-bond donors (Lipinski definition) is 1. The highest BCUT2D eigenvalue weighted by Crippen LogP contribution is 2.36. The molecule has 8 heteroatoms. The Hall–Kier alpha value is -3.52. The molecule has 3 saturated heterocycles. The van der Waals surface area contributed by atoms with Gasteiger partial charge in [-0.15, -0.1) is 0 Å². The molecule has 3 aliphatic heterocycles. The van der Waals surface area contributed by atoms with Gasteiger partial charge in [0.25, 0.3) is 0 Å². The van der Waals surface area contributed by atoms with Crippen LogP contribution in [0.4, 0.5) is 10.2 Å². The molecule has 4 aromatic rings. The normalized spacial score (nSPS) is 20.4. The molecule has 4 aromatic heterocycles. The molecule has 0 amide bonds. The zero-order valence-corrected chi connectivity index (χ0v) is 17.7. The molecular formula is C24H23FN6O. The maximum Gasteiger partial charge on any atom is 0.212 e. The maximum absolute atomic E-state index is 14.5. The zero-order valence-electron chi connectivity index (χ0n) is 17.7. The molecule has 7 nitrogen and oxygen atoms in total. The first kappa shape index (κ1) is 19.2. The molecule has 0 saturated carbocycles. The smallest absolute Gasteiger partial charge is 0.212 e. The van der Waals surface area contributed by atoms with E-state index in [2.05, 4.69) is 35.8 Å². The third-order valence-corrected chi connectivity index (χ3v) is 6.62. The number of anilines is 1. The number of rotatable bonds is 5. The van der Waals surface area contributed by atoms with Crippen molar-refractivity contribution < 1.29 is 9.13 Å². The number of aromatic amines is 1. The average Bonchev–Trinajstić information content (AvgIpc) is 3.32. The van der Waals surface area contributed by atoms with Gasteiger partial charge in [0.2, 0.25) is 5.88 Å². The average molecular weight is 430 g/mol. The van der Waals surface area contributed by atoms with E-state index in [1.54, 1.807) is 19.5 Å². The predicted octanol–water partition coefficient (Wildman–Crippen LogP) is 3.63. The standard InChI is InChI=1S/C24H23FN6O/c1-32-22-5-2-15(9-28-22)12-31-17-8-18(31)14-30(13-17)21-4-3-16(10-27-21)23-19-6-7-26-24(19)29-11-20(23)25/h2-7,9-11,17-18H,8,12-14H2,1H3,(H,26,29). The first-order valence-corrected chi connectivity index (χ1v) is 10.8. The Balaban J connectivity index is 1.16. The summed E-state index contributed by atoms with van der Waals surface area (Å²) in [4.78, 5) is 21.0. The van der Waals surface area contributed by atoms with Crippen LogP contribution in [0.3, 0.4) is 0 Å². The second-order valence-corrected chi connectivity index (χ2v) is 8.46. The molecule has 7 heterocycles. The van der Waals surface area contributed by atoms with Crippen molar-refractivity contribution in [2.75, 3.05) is 25.1 Å². The Morgan fingerprint density at radius 1 is 1.03 bits per heavy atom. The Kier molecular flexibility index (Phi) is 4.53. The molecule has 162 valence electrons. The van der Waals surface area contributed by atoms with Gasteiger partial charge in [0.15, 0.2) is 0 Å². The predicted molar refractivity (Wildman–Crippen MR) is 120 cm³/mol. The SMILES string of the molecule is COc1ccc(CN2C3CC2CN(c2ccc(-c4c(F)cnc5[nH]ccc45)cn2)C3)cn1. The number of methoxy groups -OCH3 is 1. The summed E-state index contributed by atoms with van der Waals surface area (Å²) >= 11 is 0. The van der Waals surface area contributed by atoms with E-state index in [1.165, 1.54) is 18.2 Å². The minimum Gasteiger partial charge on any atom is -0.481 e. The van der Waals surface area contributed by atoms with E-state index >= 15 is 0 Å². The van der Waals surface area contributed by atoms with Crippen molar-refractivity contribution in [3.05, 3.63) is 66.5 Å². The van der Waals surface area contributed by atoms with E-state index in [0.717, 1.165) is 36.4 Å². The van der Waals surface area contributed by atoms with Crippen LogP contribution in [0.15, 0.2) is 55.1 Å². The Morgan fingerprint density at radius 3 is 2.62 bits per heavy atom. The van der Waals surface area contributed by atoms with Crippen LogP contribution in [0.1, 0.15) is 12.0 Å². The van der Waals surface area contributed by atoms with Crippen molar-refractivity contribution in [2.45, 2.75) is 25.0 Å². The minimum absolute atomic E-state index is 0.338. The number of ether oxygens (including phenoxy) is 1. The van der Waals surface area contributed by atoms with Crippen LogP contribution < -0.4 is 9.64 Å². The molecule has 2 bridgehead atoms. The van der Waals surface area contributed by atoms with Crippen LogP contribution in [0.5, 0.6) is 5.88 Å². The lowest BCUT2D eigenvalue weighted by molar-refractivity contribution is -0.00876. The number of piperazine rings is 1. The van der Waals surface area contributed by atoms with Crippen LogP contribution in [-0.4, -0.2) is 57.1 Å². The molecule has 0 aliphatic carbocycles. The Bertz CT molecular complexity index is 1240. The summed E-state index contributed by atoms with van der Waals surface area (Å²) in [7, 11) is 1.63. The van der Waals surface area contributed by atoms with Gasteiger partial charge in [-0.2, -0.15) is 0 Å². The van der Waals surface area contributed by atoms with Crippen molar-refractivity contribution in [3.63, 3.8) is 0 Å². The number of halogens is 1. The van der Waals surface area contributed by atoms with Crippen molar-refractivity contribution in [2.24, 2.45) is 0 Å². The maximum atomic E-state index is 14.5. The highest BCUT2D eigenvalue weighted by Gasteiger charge is 2.44. The number of nitrogens with zero attached hydrogens (tertiary/aromatic N) is 5. The van der Waals surface area contributed by atoms with E-state index in [1.807, 2.05) is 30.5 Å². The van der Waals surface area contributed by atoms with Gasteiger partial charge < -0.3 is 14.6 Å². The van der Waals surface area contributed by atoms with Gasteiger partial charge in [0.05, 0.1) is 13.3 Å². The van der Waals surface area contributed by atoms with Crippen molar-refractivity contribution in [1.29, 1.82) is 0 Å². The second kappa shape index (κ2) is 7.56. The van der Waals surface area contributed by atoms with Crippen LogP contribution >= 0.6 is 0 Å². The van der Waals surface area contributed by atoms with Gasteiger partial charge in [-0.1, -0.05) is 6.07 Å². The summed E-state index contributed by atoms with van der Waals surface area (Å²) in [5.74, 6) is 1.24. The zero-order chi connectivity index (χ0) is 21.7. The van der Waals surface area contributed by atoms with E-state index in [0.29, 0.717) is 29.2 Å². The first-order chi connectivity index (χ1) is 15.7. The topological polar surface area (TPSA) is 70.2 Å². The van der Waals surface area contributed by atoms with E-state index in [9.17, 15) is 4.39 Å². The van der Waals surface area contributed by atoms with Crippen LogP contribution in [0.25, 0.3) is 22.2 Å². The summed E-state index contributed by atoms with van der Waals surface area (Å²) in [6, 6.07) is 10.8. The summed E-state index contributed by atoms with van der Waals surface area (Å²) in [5.41, 5.74) is 3.17. The summed E-state index contributed by atoms with van der Waals surface area (Å²) in [6.45, 7) is 2.79. The third kappa shape index (κ3) is 3.18. The summed E-state index contributed by atoms with van der Waals surface area (Å²) < 4.78 is 19.7. The molecule has 0 aromatic carbocycles. The molecule has 2 atom stereocenters. The molecular weight excluding hydrogens is 407 g/mol. The number of pyridine rings is 3. The fourth-order valence-corrected chi connectivity index (χ4v) is 4.97. The third-order valence-electron chi connectivity index (χ3n) is 6.62. The molecule has 32 heavy (non-hydrogen) atoms. The van der Waals surface area contributed by atoms with E-state index < -0.39 is 0 Å². The molecule has 0 spiro atoms. The Morgan fingerprint density at radius 2 is 1.91 bits per heavy atom. The van der Waals surface area contributed by atoms with Crippen LogP contribution in [-0.2, 0) is 6.54 Å². The van der Waals surface area contributed by atoms with Gasteiger partial charge in [-0.25, -0.2) is 19.3 Å². The lowest BCUT2D eigenvalue weighted by Gasteiger charge is -2.56. The highest BCUT2D eigenvalue weighted by atomic mass is 19.1. The number of hydrogen-bond acceptors (Lipinski definition) is 6. The molecule has 0 radical (unpaired) electrons. The first-order valence-electron chi connectivity index (χ1n) is 10.8. The molecule has 3 aliphatic rings. The number of piperidine rings is 1. The van der Waals surface area contributed by atoms with Gasteiger partial charge in [0, 0.05) is 72.9 Å². The summed E-state index contributed by atoms with van der Waals surface area (Å²) in [5, 5.41) is 0.766. The number of H-pyrrole nitrogens is 1. The monoisotopic (exact) mass is 430 g/mol. The van der Waals surface area contributed by atoms with Crippen molar-refractivity contribution in [1.82, 2.24) is 24.8 Å². The van der Waals surface area contributed by atoms with Crippen molar-refractivity contribution in [3.8, 4) is 17.0 Å². The number of aromatic nitrogens is 4. The largest absolute Gasteiger partial charge is 0.481 e.